The van der Waals surface area contributed by atoms with E-state index >= 15 is 8.78 Å². The van der Waals surface area contributed by atoms with Crippen molar-refractivity contribution in [1.82, 2.24) is 25.8 Å². The van der Waals surface area contributed by atoms with Crippen molar-refractivity contribution in [1.29, 1.82) is 0 Å². The highest BCUT2D eigenvalue weighted by Gasteiger charge is 2.68. The number of ether oxygens (including phenoxy) is 4. The fourth-order valence-corrected chi connectivity index (χ4v) is 8.10. The minimum Gasteiger partial charge on any atom is -0.497 e. The van der Waals surface area contributed by atoms with E-state index in [-0.39, 0.29) is 38.1 Å². The minimum atomic E-state index is -5.88. The number of likely N-dealkylation sites (N-methyl/N-ethyl adjacent to an activating group) is 1. The van der Waals surface area contributed by atoms with E-state index in [0.717, 1.165) is 11.8 Å². The Labute approximate surface area is 404 Å². The van der Waals surface area contributed by atoms with E-state index in [0.29, 0.717) is 24.8 Å². The van der Waals surface area contributed by atoms with Crippen molar-refractivity contribution in [2.24, 2.45) is 23.7 Å². The van der Waals surface area contributed by atoms with E-state index < -0.39 is 138 Å². The molecule has 70 heavy (non-hydrogen) atoms. The fourth-order valence-electron chi connectivity index (χ4n) is 8.10. The van der Waals surface area contributed by atoms with Gasteiger partial charge in [-0.05, 0) is 68.6 Å². The summed E-state index contributed by atoms with van der Waals surface area (Å²) in [5, 5.41) is 17.9. The van der Waals surface area contributed by atoms with Gasteiger partial charge in [-0.15, -0.1) is 0 Å². The number of nitrogens with one attached hydrogen (secondary N) is 3. The molecule has 2 fully saturated rings. The average molecular weight is 1000 g/mol. The van der Waals surface area contributed by atoms with E-state index in [1.54, 1.807) is 45.0 Å². The molecule has 4 N–H and O–H groups in total. The maximum absolute atomic E-state index is 15.2. The van der Waals surface area contributed by atoms with E-state index in [2.05, 4.69) is 15.4 Å². The Hall–Kier alpha value is -5.87. The number of carbonyl (C=O) groups excluding carboxylic acids is 9. The highest BCUT2D eigenvalue weighted by atomic mass is 19.3. The van der Waals surface area contributed by atoms with Crippen molar-refractivity contribution in [3.8, 4) is 5.75 Å². The van der Waals surface area contributed by atoms with Crippen LogP contribution in [0.15, 0.2) is 24.3 Å². The highest BCUT2D eigenvalue weighted by molar-refractivity contribution is 6.05. The predicted molar refractivity (Wildman–Crippen MR) is 240 cm³/mol. The molecule has 1 aromatic rings. The van der Waals surface area contributed by atoms with E-state index in [4.69, 9.17) is 14.2 Å². The van der Waals surface area contributed by atoms with Crippen molar-refractivity contribution in [3.05, 3.63) is 29.8 Å². The van der Waals surface area contributed by atoms with Gasteiger partial charge >= 0.3 is 29.8 Å². The maximum Gasteiger partial charge on any atom is 0.413 e. The van der Waals surface area contributed by atoms with Crippen LogP contribution in [-0.2, 0) is 63.8 Å². The third-order valence-electron chi connectivity index (χ3n) is 12.6. The van der Waals surface area contributed by atoms with Crippen molar-refractivity contribution >= 4 is 53.2 Å². The zero-order chi connectivity index (χ0) is 53.2. The van der Waals surface area contributed by atoms with Crippen molar-refractivity contribution < 1.29 is 84.8 Å². The molecule has 0 unspecified atom stereocenters. The lowest BCUT2D eigenvalue weighted by atomic mass is 9.91. The smallest absolute Gasteiger partial charge is 0.413 e. The lowest BCUT2D eigenvalue weighted by molar-refractivity contribution is -0.224. The summed E-state index contributed by atoms with van der Waals surface area (Å²) in [6, 6.07) is -1.96. The van der Waals surface area contributed by atoms with Crippen LogP contribution in [0.4, 0.5) is 17.6 Å². The third kappa shape index (κ3) is 13.9. The van der Waals surface area contributed by atoms with Gasteiger partial charge in [0.25, 0.3) is 5.91 Å². The Morgan fingerprint density at radius 1 is 0.900 bits per heavy atom. The number of rotatable bonds is 12. The molecule has 392 valence electrons. The molecule has 23 heteroatoms. The van der Waals surface area contributed by atoms with Gasteiger partial charge in [0.1, 0.15) is 36.0 Å². The molecular formula is C47H67F4N5O14. The molecule has 0 aromatic heterocycles. The molecule has 2 heterocycles. The standard InChI is InChI=1S/C47H67F4N5O14/c1-12-25(6)35-33(57)22-34(58)70-38(24(4)5)37(59)26(7)39(60)52-30(20-23(2)3)41(62)56-19-13-14-31(56)42(63)55(9)32(21-28-15-17-29(67-10)18-16-28)43(64)69-27(8)36(40(61)53-35)54-44(65)46(48,49)47(50,51)45(66)68-11/h15-18,23-27,30-33,35-36,38,57H,12-14,19-22H2,1-11H3,(H,52,60)(H,53,61)(H,54,65)/t25-,26-,27+,30-,31-,32-,33-,35+,36-,38-/m0/s1. The largest absolute Gasteiger partial charge is 0.497 e. The second-order valence-corrected chi connectivity index (χ2v) is 18.6. The Bertz CT molecular complexity index is 2070. The second kappa shape index (κ2) is 24.8. The van der Waals surface area contributed by atoms with Gasteiger partial charge in [-0.1, -0.05) is 60.1 Å². The number of amides is 5. The van der Waals surface area contributed by atoms with Crippen LogP contribution in [0, 0.1) is 23.7 Å². The number of hydrogen-bond acceptors (Lipinski definition) is 14. The van der Waals surface area contributed by atoms with Crippen LogP contribution in [0.1, 0.15) is 93.1 Å². The van der Waals surface area contributed by atoms with Gasteiger partial charge in [-0.3, -0.25) is 33.6 Å². The summed E-state index contributed by atoms with van der Waals surface area (Å²) in [5.74, 6) is -27.4. The fraction of sp³-hybridized carbons (Fsp3) is 0.681. The number of benzene rings is 1. The number of ketones is 1. The zero-order valence-corrected chi connectivity index (χ0v) is 41.3. The molecule has 3 rings (SSSR count). The molecule has 0 aliphatic carbocycles. The number of carbonyl (C=O) groups is 9. The first-order valence-corrected chi connectivity index (χ1v) is 23.1. The molecule has 0 saturated carbocycles. The molecule has 0 bridgehead atoms. The molecule has 0 spiro atoms. The summed E-state index contributed by atoms with van der Waals surface area (Å²) in [6.07, 6.45) is -6.14. The molecule has 1 aromatic carbocycles. The van der Waals surface area contributed by atoms with Crippen molar-refractivity contribution in [2.45, 2.75) is 154 Å². The number of aliphatic hydroxyl groups excluding tert-OH is 1. The lowest BCUT2D eigenvalue weighted by Crippen LogP contribution is -2.64. The number of alkyl halides is 4. The molecule has 10 atom stereocenters. The molecule has 2 aliphatic rings. The Kier molecular flexibility index (Phi) is 20.7. The van der Waals surface area contributed by atoms with E-state index in [1.165, 1.54) is 52.1 Å². The van der Waals surface area contributed by atoms with Gasteiger partial charge in [0.15, 0.2) is 11.9 Å². The SMILES string of the molecule is CC[C@H](C)[C@H]1NC(=O)[C@@H](NC(=O)C(F)(F)C(F)(F)C(=O)OC)[C@@H](C)OC(=O)[C@H](Cc2ccc(OC)cc2)N(C)C(=O)[C@@H]2CCCN2C(=O)[C@H](CC(C)C)NC(=O)[C@@H](C)C(=O)[C@H](C(C)C)OC(=O)C[C@@H]1O. The predicted octanol–water partition coefficient (Wildman–Crippen LogP) is 2.52. The lowest BCUT2D eigenvalue weighted by Gasteiger charge is -2.35. The van der Waals surface area contributed by atoms with E-state index in [9.17, 15) is 57.0 Å². The Balaban J connectivity index is 2.28. The first-order chi connectivity index (χ1) is 32.5. The van der Waals surface area contributed by atoms with Gasteiger partial charge in [0.2, 0.25) is 23.6 Å². The first kappa shape index (κ1) is 58.4. The van der Waals surface area contributed by atoms with Crippen LogP contribution in [-0.4, -0.2) is 156 Å². The monoisotopic (exact) mass is 1000 g/mol. The topological polar surface area (TPSA) is 253 Å². The molecule has 0 radical (unpaired) electrons. The summed E-state index contributed by atoms with van der Waals surface area (Å²) < 4.78 is 80.1. The third-order valence-corrected chi connectivity index (χ3v) is 12.6. The number of methoxy groups -OCH3 is 2. The second-order valence-electron chi connectivity index (χ2n) is 18.6. The highest BCUT2D eigenvalue weighted by Crippen LogP contribution is 2.36. The number of fused-ring (bicyclic) bond motifs is 1. The number of esters is 3. The quantitative estimate of drug-likeness (QED) is 0.102. The molecule has 2 aliphatic heterocycles. The number of cyclic esters (lactones) is 2. The number of halogens is 4. The zero-order valence-electron chi connectivity index (χ0n) is 41.3. The van der Waals surface area contributed by atoms with Crippen LogP contribution >= 0.6 is 0 Å². The van der Waals surface area contributed by atoms with Gasteiger partial charge in [0, 0.05) is 20.0 Å². The number of aliphatic hydroxyl groups is 1. The van der Waals surface area contributed by atoms with Gasteiger partial charge in [0.05, 0.1) is 38.7 Å². The average Bonchev–Trinajstić information content (AvgIpc) is 3.80. The summed E-state index contributed by atoms with van der Waals surface area (Å²) in [5.41, 5.74) is 0.408. The normalized spacial score (nSPS) is 27.0. The van der Waals surface area contributed by atoms with Crippen molar-refractivity contribution in [3.63, 3.8) is 0 Å². The summed E-state index contributed by atoms with van der Waals surface area (Å²) in [4.78, 5) is 126. The van der Waals surface area contributed by atoms with Gasteiger partial charge in [-0.25, -0.2) is 9.59 Å². The summed E-state index contributed by atoms with van der Waals surface area (Å²) in [7, 11) is 2.99. The Morgan fingerprint density at radius 2 is 1.51 bits per heavy atom. The van der Waals surface area contributed by atoms with Crippen LogP contribution < -0.4 is 20.7 Å². The van der Waals surface area contributed by atoms with E-state index in [1.807, 2.05) is 0 Å². The summed E-state index contributed by atoms with van der Waals surface area (Å²) in [6.45, 7) is 11.9. The first-order valence-electron chi connectivity index (χ1n) is 23.1. The molecule has 5 amide bonds. The minimum absolute atomic E-state index is 0.0394. The van der Waals surface area contributed by atoms with Gasteiger partial charge in [-0.2, -0.15) is 17.6 Å². The number of nitrogens with zero attached hydrogens (tertiary/aromatic N) is 2. The molecule has 19 nitrogen and oxygen atoms in total. The number of Topliss-reactive ketones (excluding diaryl/α,β-unsaturated/α-hetero) is 1. The number of hydrogen-bond donors (Lipinski definition) is 4. The van der Waals surface area contributed by atoms with Crippen LogP contribution in [0.3, 0.4) is 0 Å². The van der Waals surface area contributed by atoms with Crippen molar-refractivity contribution in [2.75, 3.05) is 27.8 Å². The van der Waals surface area contributed by atoms with Gasteiger partial charge < -0.3 is 49.8 Å². The van der Waals surface area contributed by atoms with Crippen LogP contribution in [0.5, 0.6) is 5.75 Å². The maximum atomic E-state index is 15.2. The Morgan fingerprint density at radius 3 is 2.06 bits per heavy atom. The van der Waals surface area contributed by atoms with Crippen LogP contribution in [0.2, 0.25) is 0 Å². The summed E-state index contributed by atoms with van der Waals surface area (Å²) >= 11 is 0. The van der Waals surface area contributed by atoms with Crippen LogP contribution in [0.25, 0.3) is 0 Å². The molecular weight excluding hydrogens is 935 g/mol. The molecule has 2 saturated heterocycles.